The normalized spacial score (nSPS) is 14.9. The zero-order valence-electron chi connectivity index (χ0n) is 13.4. The van der Waals surface area contributed by atoms with Crippen LogP contribution in [0, 0.1) is 0 Å². The average Bonchev–Trinajstić information content (AvgIpc) is 2.82. The molecule has 118 valence electrons. The van der Waals surface area contributed by atoms with E-state index in [1.54, 1.807) is 4.90 Å². The quantitative estimate of drug-likeness (QED) is 0.796. The summed E-state index contributed by atoms with van der Waals surface area (Å²) in [5, 5.41) is 0.580. The lowest BCUT2D eigenvalue weighted by Gasteiger charge is -2.20. The fourth-order valence-electron chi connectivity index (χ4n) is 2.74. The number of rotatable bonds is 4. The summed E-state index contributed by atoms with van der Waals surface area (Å²) in [6.45, 7) is 5.30. The Balaban J connectivity index is 1.78. The van der Waals surface area contributed by atoms with E-state index in [1.165, 1.54) is 5.56 Å². The molecule has 0 spiro atoms. The van der Waals surface area contributed by atoms with E-state index >= 15 is 0 Å². The average molecular weight is 324 g/mol. The van der Waals surface area contributed by atoms with Gasteiger partial charge in [-0.3, -0.25) is 9.69 Å². The smallest absolute Gasteiger partial charge is 0.252 e. The number of benzene rings is 2. The van der Waals surface area contributed by atoms with Crippen molar-refractivity contribution in [2.24, 2.45) is 0 Å². The zero-order chi connectivity index (χ0) is 16.4. The van der Waals surface area contributed by atoms with Crippen LogP contribution in [0.25, 0.3) is 0 Å². The second kappa shape index (κ2) is 6.50. The van der Waals surface area contributed by atoms with Gasteiger partial charge in [0.05, 0.1) is 5.69 Å². The fraction of sp³-hybridized carbons (Fsp3) is 0.263. The molecule has 4 heteroatoms. The third-order valence-electron chi connectivity index (χ3n) is 4.07. The molecule has 1 saturated heterocycles. The first-order chi connectivity index (χ1) is 11.1. The van der Waals surface area contributed by atoms with Gasteiger partial charge in [-0.25, -0.2) is 0 Å². The summed E-state index contributed by atoms with van der Waals surface area (Å²) < 4.78 is 0. The topological polar surface area (TPSA) is 23.6 Å². The van der Waals surface area contributed by atoms with Crippen molar-refractivity contribution in [3.63, 3.8) is 0 Å². The van der Waals surface area contributed by atoms with Gasteiger partial charge < -0.3 is 4.90 Å². The van der Waals surface area contributed by atoms with E-state index in [-0.39, 0.29) is 5.91 Å². The summed E-state index contributed by atoms with van der Waals surface area (Å²) in [6.07, 6.45) is 0. The maximum absolute atomic E-state index is 12.4. The minimum atomic E-state index is 0.0308. The highest BCUT2D eigenvalue weighted by Gasteiger charge is 2.33. The van der Waals surface area contributed by atoms with Gasteiger partial charge in [0, 0.05) is 6.54 Å². The Morgan fingerprint density at radius 3 is 2.30 bits per heavy atom. The first-order valence-corrected chi connectivity index (χ1v) is 8.23. The van der Waals surface area contributed by atoms with E-state index in [0.717, 1.165) is 11.3 Å². The van der Waals surface area contributed by atoms with Crippen LogP contribution >= 0.6 is 12.2 Å². The van der Waals surface area contributed by atoms with E-state index in [1.807, 2.05) is 47.4 Å². The number of hydrogen-bond acceptors (Lipinski definition) is 2. The summed E-state index contributed by atoms with van der Waals surface area (Å²) in [5.41, 5.74) is 3.26. The highest BCUT2D eigenvalue weighted by atomic mass is 32.1. The molecule has 1 aliphatic rings. The molecule has 1 fully saturated rings. The van der Waals surface area contributed by atoms with Gasteiger partial charge >= 0.3 is 0 Å². The van der Waals surface area contributed by atoms with Crippen LogP contribution in [0.4, 0.5) is 5.69 Å². The maximum Gasteiger partial charge on any atom is 0.252 e. The Kier molecular flexibility index (Phi) is 4.44. The lowest BCUT2D eigenvalue weighted by molar-refractivity contribution is -0.116. The summed E-state index contributed by atoms with van der Waals surface area (Å²) >= 11 is 5.54. The Morgan fingerprint density at radius 1 is 1.04 bits per heavy atom. The molecule has 23 heavy (non-hydrogen) atoms. The van der Waals surface area contributed by atoms with Crippen molar-refractivity contribution < 1.29 is 4.79 Å². The number of anilines is 1. The molecule has 1 aliphatic heterocycles. The largest absolute Gasteiger partial charge is 0.335 e. The molecule has 3 rings (SSSR count). The molecule has 0 aliphatic carbocycles. The molecule has 0 N–H and O–H groups in total. The fourth-order valence-corrected chi connectivity index (χ4v) is 3.08. The lowest BCUT2D eigenvalue weighted by Crippen LogP contribution is -2.32. The summed E-state index contributed by atoms with van der Waals surface area (Å²) in [5.74, 6) is 0.503. The van der Waals surface area contributed by atoms with Crippen molar-refractivity contribution in [2.45, 2.75) is 26.3 Å². The van der Waals surface area contributed by atoms with Crippen LogP contribution in [0.3, 0.4) is 0 Å². The van der Waals surface area contributed by atoms with Gasteiger partial charge in [0.2, 0.25) is 0 Å². The molecular weight excluding hydrogens is 304 g/mol. The minimum absolute atomic E-state index is 0.0308. The van der Waals surface area contributed by atoms with E-state index in [9.17, 15) is 4.79 Å². The Hall–Kier alpha value is -2.20. The van der Waals surface area contributed by atoms with Crippen molar-refractivity contribution in [2.75, 3.05) is 11.4 Å². The summed E-state index contributed by atoms with van der Waals surface area (Å²) in [7, 11) is 0. The van der Waals surface area contributed by atoms with Crippen LogP contribution < -0.4 is 4.90 Å². The van der Waals surface area contributed by atoms with Crippen molar-refractivity contribution >= 4 is 28.9 Å². The first kappa shape index (κ1) is 15.7. The molecule has 0 aromatic heterocycles. The van der Waals surface area contributed by atoms with E-state index < -0.39 is 0 Å². The van der Waals surface area contributed by atoms with Gasteiger partial charge in [0.1, 0.15) is 6.54 Å². The number of carbonyl (C=O) groups excluding carboxylic acids is 1. The third kappa shape index (κ3) is 3.27. The van der Waals surface area contributed by atoms with Crippen LogP contribution in [-0.2, 0) is 11.3 Å². The van der Waals surface area contributed by atoms with Gasteiger partial charge in [-0.2, -0.15) is 0 Å². The van der Waals surface area contributed by atoms with Gasteiger partial charge in [0.25, 0.3) is 5.91 Å². The SMILES string of the molecule is CC(C)c1ccc(N2C(=O)CN(Cc3ccccc3)C2=S)cc1. The van der Waals surface area contributed by atoms with Gasteiger partial charge in [-0.1, -0.05) is 56.3 Å². The van der Waals surface area contributed by atoms with Crippen LogP contribution in [0.1, 0.15) is 30.9 Å². The number of nitrogens with zero attached hydrogens (tertiary/aromatic N) is 2. The van der Waals surface area contributed by atoms with Crippen molar-refractivity contribution in [1.82, 2.24) is 4.90 Å². The molecule has 0 bridgehead atoms. The lowest BCUT2D eigenvalue weighted by atomic mass is 10.0. The van der Waals surface area contributed by atoms with E-state index in [4.69, 9.17) is 12.2 Å². The molecule has 0 atom stereocenters. The van der Waals surface area contributed by atoms with Gasteiger partial charge in [-0.15, -0.1) is 0 Å². The van der Waals surface area contributed by atoms with Crippen LogP contribution in [-0.4, -0.2) is 22.5 Å². The summed E-state index contributed by atoms with van der Waals surface area (Å²) in [6, 6.07) is 18.2. The second-order valence-corrected chi connectivity index (χ2v) is 6.46. The summed E-state index contributed by atoms with van der Waals surface area (Å²) in [4.78, 5) is 16.0. The monoisotopic (exact) mass is 324 g/mol. The first-order valence-electron chi connectivity index (χ1n) is 7.82. The molecule has 0 saturated carbocycles. The molecule has 2 aromatic rings. The molecule has 0 unspecified atom stereocenters. The minimum Gasteiger partial charge on any atom is -0.335 e. The second-order valence-electron chi connectivity index (χ2n) is 6.10. The van der Waals surface area contributed by atoms with E-state index in [0.29, 0.717) is 24.1 Å². The Labute approximate surface area is 142 Å². The van der Waals surface area contributed by atoms with Gasteiger partial charge in [0.15, 0.2) is 5.11 Å². The number of thiocarbonyl (C=S) groups is 1. The predicted molar refractivity (Wildman–Crippen MR) is 97.5 cm³/mol. The molecular formula is C19H20N2OS. The predicted octanol–water partition coefficient (Wildman–Crippen LogP) is 3.94. The third-order valence-corrected chi connectivity index (χ3v) is 4.51. The number of hydrogen-bond donors (Lipinski definition) is 0. The Bertz CT molecular complexity index is 710. The molecule has 1 amide bonds. The van der Waals surface area contributed by atoms with Crippen molar-refractivity contribution in [3.05, 3.63) is 65.7 Å². The molecule has 2 aromatic carbocycles. The number of amides is 1. The highest BCUT2D eigenvalue weighted by molar-refractivity contribution is 7.80. The molecule has 3 nitrogen and oxygen atoms in total. The molecule has 1 heterocycles. The van der Waals surface area contributed by atoms with Crippen molar-refractivity contribution in [1.29, 1.82) is 0 Å². The molecule has 0 radical (unpaired) electrons. The zero-order valence-corrected chi connectivity index (χ0v) is 14.2. The van der Waals surface area contributed by atoms with Crippen LogP contribution in [0.2, 0.25) is 0 Å². The maximum atomic E-state index is 12.4. The number of carbonyl (C=O) groups is 1. The van der Waals surface area contributed by atoms with Crippen LogP contribution in [0.15, 0.2) is 54.6 Å². The van der Waals surface area contributed by atoms with Gasteiger partial charge in [-0.05, 0) is 41.4 Å². The van der Waals surface area contributed by atoms with E-state index in [2.05, 4.69) is 26.0 Å². The highest BCUT2D eigenvalue weighted by Crippen LogP contribution is 2.25. The van der Waals surface area contributed by atoms with Crippen LogP contribution in [0.5, 0.6) is 0 Å². The Morgan fingerprint density at radius 2 is 1.70 bits per heavy atom. The standard InChI is InChI=1S/C19H20N2OS/c1-14(2)16-8-10-17(11-9-16)21-18(22)13-20(19(21)23)12-15-6-4-3-5-7-15/h3-11,14H,12-13H2,1-2H3. The van der Waals surface area contributed by atoms with Crippen molar-refractivity contribution in [3.8, 4) is 0 Å².